The van der Waals surface area contributed by atoms with Crippen molar-refractivity contribution in [1.29, 1.82) is 0 Å². The normalized spacial score (nSPS) is 18.3. The molecule has 2 amide bonds. The molecular weight excluding hydrogens is 406 g/mol. The Morgan fingerprint density at radius 2 is 1.77 bits per heavy atom. The van der Waals surface area contributed by atoms with Gasteiger partial charge in [-0.15, -0.1) is 11.3 Å². The zero-order chi connectivity index (χ0) is 21.6. The van der Waals surface area contributed by atoms with Crippen LogP contribution >= 0.6 is 11.3 Å². The van der Waals surface area contributed by atoms with E-state index in [-0.39, 0.29) is 17.7 Å². The number of carbonyl (C=O) groups is 2. The third-order valence-electron chi connectivity index (χ3n) is 6.78. The van der Waals surface area contributed by atoms with Crippen LogP contribution in [0.4, 0.5) is 5.69 Å². The molecule has 6 heteroatoms. The SMILES string of the molecule is CN(Cc1ccccc1NC(=O)C1CCN(C(=O)c2cccs2)CC1)C1CCCCC1. The quantitative estimate of drug-likeness (QED) is 0.689. The summed E-state index contributed by atoms with van der Waals surface area (Å²) in [4.78, 5) is 30.6. The molecule has 4 rings (SSSR count). The highest BCUT2D eigenvalue weighted by molar-refractivity contribution is 7.12. The molecule has 166 valence electrons. The number of likely N-dealkylation sites (tertiary alicyclic amines) is 1. The molecule has 0 bridgehead atoms. The van der Waals surface area contributed by atoms with Crippen molar-refractivity contribution in [3.63, 3.8) is 0 Å². The number of piperidine rings is 1. The van der Waals surface area contributed by atoms with E-state index in [4.69, 9.17) is 0 Å². The number of nitrogens with zero attached hydrogens (tertiary/aromatic N) is 2. The molecule has 1 aromatic carbocycles. The molecule has 0 spiro atoms. The summed E-state index contributed by atoms with van der Waals surface area (Å²) in [5.41, 5.74) is 2.10. The lowest BCUT2D eigenvalue weighted by Crippen LogP contribution is -2.41. The van der Waals surface area contributed by atoms with Gasteiger partial charge in [-0.2, -0.15) is 0 Å². The van der Waals surface area contributed by atoms with Gasteiger partial charge < -0.3 is 10.2 Å². The van der Waals surface area contributed by atoms with E-state index in [1.54, 1.807) is 0 Å². The summed E-state index contributed by atoms with van der Waals surface area (Å²) in [6.07, 6.45) is 7.97. The lowest BCUT2D eigenvalue weighted by Gasteiger charge is -2.32. The fraction of sp³-hybridized carbons (Fsp3) is 0.520. The van der Waals surface area contributed by atoms with Crippen molar-refractivity contribution in [2.24, 2.45) is 5.92 Å². The van der Waals surface area contributed by atoms with Crippen LogP contribution in [-0.4, -0.2) is 47.8 Å². The number of carbonyl (C=O) groups excluding carboxylic acids is 2. The average Bonchev–Trinajstić information content (AvgIpc) is 3.35. The fourth-order valence-corrected chi connectivity index (χ4v) is 5.53. The first-order valence-corrected chi connectivity index (χ1v) is 12.4. The zero-order valence-corrected chi connectivity index (χ0v) is 19.2. The second-order valence-electron chi connectivity index (χ2n) is 8.90. The third kappa shape index (κ3) is 5.55. The molecule has 31 heavy (non-hydrogen) atoms. The van der Waals surface area contributed by atoms with Crippen LogP contribution in [0, 0.1) is 5.92 Å². The number of nitrogens with one attached hydrogen (secondary N) is 1. The predicted molar refractivity (Wildman–Crippen MR) is 126 cm³/mol. The van der Waals surface area contributed by atoms with Crippen LogP contribution in [0.3, 0.4) is 0 Å². The van der Waals surface area contributed by atoms with Gasteiger partial charge in [-0.1, -0.05) is 43.5 Å². The lowest BCUT2D eigenvalue weighted by molar-refractivity contribution is -0.121. The lowest BCUT2D eigenvalue weighted by atomic mass is 9.94. The Morgan fingerprint density at radius 1 is 1.03 bits per heavy atom. The van der Waals surface area contributed by atoms with E-state index in [0.29, 0.717) is 32.0 Å². The first-order chi connectivity index (χ1) is 15.1. The summed E-state index contributed by atoms with van der Waals surface area (Å²) < 4.78 is 0. The molecule has 0 radical (unpaired) electrons. The standard InChI is InChI=1S/C25H33N3O2S/c1-27(21-9-3-2-4-10-21)18-20-8-5-6-11-22(20)26-24(29)19-13-15-28(16-14-19)25(30)23-12-7-17-31-23/h5-8,11-12,17,19,21H,2-4,9-10,13-16,18H2,1H3,(H,26,29). The van der Waals surface area contributed by atoms with Gasteiger partial charge in [-0.05, 0) is 55.8 Å². The van der Waals surface area contributed by atoms with E-state index in [9.17, 15) is 9.59 Å². The molecule has 5 nitrogen and oxygen atoms in total. The van der Waals surface area contributed by atoms with Crippen molar-refractivity contribution < 1.29 is 9.59 Å². The van der Waals surface area contributed by atoms with Crippen LogP contribution in [0.5, 0.6) is 0 Å². The first-order valence-electron chi connectivity index (χ1n) is 11.5. The molecule has 2 heterocycles. The molecule has 0 unspecified atom stereocenters. The molecule has 1 saturated heterocycles. The van der Waals surface area contributed by atoms with E-state index >= 15 is 0 Å². The third-order valence-corrected chi connectivity index (χ3v) is 7.64. The van der Waals surface area contributed by atoms with Crippen LogP contribution < -0.4 is 5.32 Å². The molecule has 1 aromatic heterocycles. The van der Waals surface area contributed by atoms with Crippen LogP contribution in [0.25, 0.3) is 0 Å². The van der Waals surface area contributed by atoms with Gasteiger partial charge in [0.15, 0.2) is 0 Å². The molecule has 2 aromatic rings. The summed E-state index contributed by atoms with van der Waals surface area (Å²) in [7, 11) is 2.20. The van der Waals surface area contributed by atoms with Crippen molar-refractivity contribution in [3.8, 4) is 0 Å². The Kier molecular flexibility index (Phi) is 7.41. The molecule has 2 fully saturated rings. The van der Waals surface area contributed by atoms with Gasteiger partial charge in [0.1, 0.15) is 0 Å². The maximum atomic E-state index is 13.0. The Balaban J connectivity index is 1.32. The van der Waals surface area contributed by atoms with Gasteiger partial charge in [-0.25, -0.2) is 0 Å². The van der Waals surface area contributed by atoms with Crippen molar-refractivity contribution in [1.82, 2.24) is 9.80 Å². The number of hydrogen-bond donors (Lipinski definition) is 1. The van der Waals surface area contributed by atoms with E-state index in [2.05, 4.69) is 23.3 Å². The van der Waals surface area contributed by atoms with Gasteiger partial charge in [0, 0.05) is 37.3 Å². The largest absolute Gasteiger partial charge is 0.338 e. The summed E-state index contributed by atoms with van der Waals surface area (Å²) in [6.45, 7) is 2.14. The van der Waals surface area contributed by atoms with Crippen LogP contribution in [-0.2, 0) is 11.3 Å². The molecule has 1 N–H and O–H groups in total. The van der Waals surface area contributed by atoms with Gasteiger partial charge in [0.05, 0.1) is 4.88 Å². The highest BCUT2D eigenvalue weighted by Gasteiger charge is 2.28. The summed E-state index contributed by atoms with van der Waals surface area (Å²) in [5, 5.41) is 5.12. The van der Waals surface area contributed by atoms with Crippen molar-refractivity contribution in [2.45, 2.75) is 57.5 Å². The Morgan fingerprint density at radius 3 is 2.48 bits per heavy atom. The van der Waals surface area contributed by atoms with Crippen molar-refractivity contribution >= 4 is 28.8 Å². The minimum atomic E-state index is -0.0449. The van der Waals surface area contributed by atoms with E-state index in [0.717, 1.165) is 17.1 Å². The molecule has 1 saturated carbocycles. The van der Waals surface area contributed by atoms with Gasteiger partial charge in [-0.3, -0.25) is 14.5 Å². The second kappa shape index (κ2) is 10.4. The second-order valence-corrected chi connectivity index (χ2v) is 9.84. The number of anilines is 1. The molecule has 2 aliphatic rings. The van der Waals surface area contributed by atoms with Crippen molar-refractivity contribution in [3.05, 3.63) is 52.2 Å². The number of hydrogen-bond acceptors (Lipinski definition) is 4. The summed E-state index contributed by atoms with van der Waals surface area (Å²) in [5.74, 6) is 0.123. The molecule has 0 atom stereocenters. The molecule has 1 aliphatic carbocycles. The molecular formula is C25H33N3O2S. The summed E-state index contributed by atoms with van der Waals surface area (Å²) >= 11 is 1.48. The first kappa shape index (κ1) is 22.0. The molecule has 1 aliphatic heterocycles. The number of para-hydroxylation sites is 1. The van der Waals surface area contributed by atoms with E-state index in [1.165, 1.54) is 49.0 Å². The highest BCUT2D eigenvalue weighted by Crippen LogP contribution is 2.26. The van der Waals surface area contributed by atoms with E-state index in [1.807, 2.05) is 40.6 Å². The Labute approximate surface area is 189 Å². The minimum absolute atomic E-state index is 0.0449. The number of rotatable bonds is 6. The topological polar surface area (TPSA) is 52.7 Å². The average molecular weight is 440 g/mol. The van der Waals surface area contributed by atoms with Crippen molar-refractivity contribution in [2.75, 3.05) is 25.5 Å². The van der Waals surface area contributed by atoms with Gasteiger partial charge >= 0.3 is 0 Å². The van der Waals surface area contributed by atoms with E-state index < -0.39 is 0 Å². The van der Waals surface area contributed by atoms with Gasteiger partial charge in [0.25, 0.3) is 5.91 Å². The number of amides is 2. The highest BCUT2D eigenvalue weighted by atomic mass is 32.1. The smallest absolute Gasteiger partial charge is 0.263 e. The Bertz CT molecular complexity index is 869. The predicted octanol–water partition coefficient (Wildman–Crippen LogP) is 5.00. The maximum absolute atomic E-state index is 13.0. The fourth-order valence-electron chi connectivity index (χ4n) is 4.84. The van der Waals surface area contributed by atoms with Gasteiger partial charge in [0.2, 0.25) is 5.91 Å². The maximum Gasteiger partial charge on any atom is 0.263 e. The summed E-state index contributed by atoms with van der Waals surface area (Å²) in [6, 6.07) is 12.6. The van der Waals surface area contributed by atoms with Crippen LogP contribution in [0.2, 0.25) is 0 Å². The zero-order valence-electron chi connectivity index (χ0n) is 18.4. The number of thiophene rings is 1. The Hall–Kier alpha value is -2.18. The van der Waals surface area contributed by atoms with Crippen LogP contribution in [0.15, 0.2) is 41.8 Å². The van der Waals surface area contributed by atoms with Crippen LogP contribution in [0.1, 0.15) is 60.2 Å². The minimum Gasteiger partial charge on any atom is -0.338 e. The number of benzene rings is 1. The monoisotopic (exact) mass is 439 g/mol.